The smallest absolute Gasteiger partial charge is 0.330 e. The van der Waals surface area contributed by atoms with E-state index in [4.69, 9.17) is 16.3 Å². The number of ether oxygens (including phenoxy) is 1. The minimum Gasteiger partial charge on any atom is -0.466 e. The number of esters is 1. The van der Waals surface area contributed by atoms with Gasteiger partial charge in [-0.3, -0.25) is 4.98 Å². The highest BCUT2D eigenvalue weighted by Gasteiger charge is 2.26. The molecule has 1 heterocycles. The van der Waals surface area contributed by atoms with Crippen LogP contribution in [0.1, 0.15) is 34.2 Å². The van der Waals surface area contributed by atoms with E-state index >= 15 is 0 Å². The average molecular weight is 497 g/mol. The molecule has 0 radical (unpaired) electrons. The van der Waals surface area contributed by atoms with E-state index in [9.17, 15) is 13.2 Å². The summed E-state index contributed by atoms with van der Waals surface area (Å²) >= 11 is 5.90. The highest BCUT2D eigenvalue weighted by Crippen LogP contribution is 2.29. The largest absolute Gasteiger partial charge is 0.466 e. The standard InChI is InChI=1S/C26H25ClN2O4S/c1-33-26(30)11-4-20-14-19(13-18-3-2-12-28-17-18)15-21-16-23(7-10-25(20)21)29-34(31,32)24-8-5-22(27)6-9-24/h2-6,8-9,11-12,14-15,17,23,29H,7,10,13,16H2,1H3. The van der Waals surface area contributed by atoms with Crippen LogP contribution < -0.4 is 4.72 Å². The van der Waals surface area contributed by atoms with Crippen molar-refractivity contribution in [1.82, 2.24) is 9.71 Å². The maximum Gasteiger partial charge on any atom is 0.330 e. The summed E-state index contributed by atoms with van der Waals surface area (Å²) in [7, 11) is -2.32. The van der Waals surface area contributed by atoms with Crippen LogP contribution in [0.4, 0.5) is 0 Å². The van der Waals surface area contributed by atoms with Crippen molar-refractivity contribution in [1.29, 1.82) is 0 Å². The molecular weight excluding hydrogens is 472 g/mol. The molecule has 8 heteroatoms. The van der Waals surface area contributed by atoms with Crippen molar-refractivity contribution in [2.24, 2.45) is 0 Å². The number of halogens is 1. The maximum atomic E-state index is 12.9. The number of nitrogens with zero attached hydrogens (tertiary/aromatic N) is 1. The van der Waals surface area contributed by atoms with Gasteiger partial charge >= 0.3 is 5.97 Å². The van der Waals surface area contributed by atoms with E-state index in [0.29, 0.717) is 30.7 Å². The molecule has 0 bridgehead atoms. The number of fused-ring (bicyclic) bond motifs is 1. The minimum atomic E-state index is -3.66. The van der Waals surface area contributed by atoms with Crippen molar-refractivity contribution in [3.63, 3.8) is 0 Å². The van der Waals surface area contributed by atoms with E-state index in [0.717, 1.165) is 27.8 Å². The maximum absolute atomic E-state index is 12.9. The average Bonchev–Trinajstić information content (AvgIpc) is 2.82. The van der Waals surface area contributed by atoms with Crippen LogP contribution in [0, 0.1) is 0 Å². The van der Waals surface area contributed by atoms with Crippen LogP contribution in [-0.4, -0.2) is 32.5 Å². The second-order valence-electron chi connectivity index (χ2n) is 8.23. The van der Waals surface area contributed by atoms with Crippen molar-refractivity contribution < 1.29 is 17.9 Å². The lowest BCUT2D eigenvalue weighted by Gasteiger charge is -2.27. The summed E-state index contributed by atoms with van der Waals surface area (Å²) in [6, 6.07) is 14.0. The van der Waals surface area contributed by atoms with Gasteiger partial charge in [0.05, 0.1) is 12.0 Å². The van der Waals surface area contributed by atoms with Crippen LogP contribution in [0.15, 0.2) is 71.9 Å². The number of methoxy groups -OCH3 is 1. The van der Waals surface area contributed by atoms with Crippen molar-refractivity contribution >= 4 is 33.7 Å². The monoisotopic (exact) mass is 496 g/mol. The van der Waals surface area contributed by atoms with Gasteiger partial charge in [0.1, 0.15) is 0 Å². The Hall–Kier alpha value is -3.00. The molecule has 1 atom stereocenters. The second kappa shape index (κ2) is 10.5. The van der Waals surface area contributed by atoms with Crippen LogP contribution in [-0.2, 0) is 38.8 Å². The summed E-state index contributed by atoms with van der Waals surface area (Å²) in [5.74, 6) is -0.421. The Morgan fingerprint density at radius 3 is 2.71 bits per heavy atom. The summed E-state index contributed by atoms with van der Waals surface area (Å²) in [6.45, 7) is 0. The normalized spacial score (nSPS) is 15.8. The van der Waals surface area contributed by atoms with Crippen LogP contribution in [0.2, 0.25) is 5.02 Å². The third-order valence-corrected chi connectivity index (χ3v) is 7.61. The topological polar surface area (TPSA) is 85.4 Å². The van der Waals surface area contributed by atoms with Gasteiger partial charge in [-0.1, -0.05) is 29.8 Å². The number of carbonyl (C=O) groups excluding carboxylic acids is 1. The van der Waals surface area contributed by atoms with Gasteiger partial charge in [0, 0.05) is 29.5 Å². The number of benzene rings is 2. The molecule has 1 aliphatic rings. The first-order chi connectivity index (χ1) is 16.3. The predicted octanol–water partition coefficient (Wildman–Crippen LogP) is 4.35. The first kappa shape index (κ1) is 24.1. The molecule has 1 aliphatic carbocycles. The minimum absolute atomic E-state index is 0.190. The Morgan fingerprint density at radius 1 is 1.21 bits per heavy atom. The first-order valence-electron chi connectivity index (χ1n) is 10.9. The van der Waals surface area contributed by atoms with E-state index < -0.39 is 16.0 Å². The summed E-state index contributed by atoms with van der Waals surface area (Å²) in [5.41, 5.74) is 5.28. The zero-order valence-electron chi connectivity index (χ0n) is 18.7. The van der Waals surface area contributed by atoms with E-state index in [-0.39, 0.29) is 10.9 Å². The fourth-order valence-electron chi connectivity index (χ4n) is 4.21. The van der Waals surface area contributed by atoms with Crippen LogP contribution in [0.3, 0.4) is 0 Å². The molecule has 1 unspecified atom stereocenters. The second-order valence-corrected chi connectivity index (χ2v) is 10.4. The molecule has 2 aromatic carbocycles. The molecule has 0 spiro atoms. The fraction of sp³-hybridized carbons (Fsp3) is 0.231. The number of carbonyl (C=O) groups is 1. The Balaban J connectivity index is 1.62. The van der Waals surface area contributed by atoms with Crippen molar-refractivity contribution in [2.45, 2.75) is 36.6 Å². The Labute approximate surface area is 204 Å². The molecule has 34 heavy (non-hydrogen) atoms. The quantitative estimate of drug-likeness (QED) is 0.388. The number of pyridine rings is 1. The summed E-state index contributed by atoms with van der Waals surface area (Å²) < 4.78 is 33.4. The van der Waals surface area contributed by atoms with Crippen molar-refractivity contribution in [3.8, 4) is 0 Å². The lowest BCUT2D eigenvalue weighted by molar-refractivity contribution is -0.134. The summed E-state index contributed by atoms with van der Waals surface area (Å²) in [6.07, 6.45) is 9.33. The van der Waals surface area contributed by atoms with Crippen molar-refractivity contribution in [2.75, 3.05) is 7.11 Å². The molecule has 1 N–H and O–H groups in total. The molecule has 1 aromatic heterocycles. The number of sulfonamides is 1. The Morgan fingerprint density at radius 2 is 2.00 bits per heavy atom. The van der Waals surface area contributed by atoms with E-state index in [1.165, 1.54) is 25.3 Å². The highest BCUT2D eigenvalue weighted by molar-refractivity contribution is 7.89. The molecular formula is C26H25ClN2O4S. The predicted molar refractivity (Wildman–Crippen MR) is 132 cm³/mol. The van der Waals surface area contributed by atoms with E-state index in [1.54, 1.807) is 24.4 Å². The molecule has 0 aliphatic heterocycles. The molecule has 3 aromatic rings. The van der Waals surface area contributed by atoms with E-state index in [1.807, 2.05) is 18.3 Å². The number of aromatic nitrogens is 1. The molecule has 176 valence electrons. The summed E-state index contributed by atoms with van der Waals surface area (Å²) in [5, 5.41) is 0.485. The van der Waals surface area contributed by atoms with Gasteiger partial charge < -0.3 is 4.74 Å². The molecule has 4 rings (SSSR count). The number of nitrogens with one attached hydrogen (secondary N) is 1. The number of hydrogen-bond donors (Lipinski definition) is 1. The van der Waals surface area contributed by atoms with Gasteiger partial charge in [-0.2, -0.15) is 0 Å². The van der Waals surface area contributed by atoms with Gasteiger partial charge in [-0.15, -0.1) is 0 Å². The Kier molecular flexibility index (Phi) is 7.46. The van der Waals surface area contributed by atoms with Crippen LogP contribution >= 0.6 is 11.6 Å². The first-order valence-corrected chi connectivity index (χ1v) is 12.8. The van der Waals surface area contributed by atoms with Gasteiger partial charge in [-0.25, -0.2) is 17.9 Å². The number of rotatable bonds is 7. The molecule has 0 saturated carbocycles. The zero-order valence-corrected chi connectivity index (χ0v) is 20.3. The zero-order chi connectivity index (χ0) is 24.1. The van der Waals surface area contributed by atoms with Gasteiger partial charge in [0.15, 0.2) is 0 Å². The highest BCUT2D eigenvalue weighted by atomic mass is 35.5. The third kappa shape index (κ3) is 5.91. The van der Waals surface area contributed by atoms with Crippen molar-refractivity contribution in [3.05, 3.63) is 99.8 Å². The SMILES string of the molecule is COC(=O)C=Cc1cc(Cc2cccnc2)cc2c1CCC(NS(=O)(=O)c1ccc(Cl)cc1)C2. The van der Waals surface area contributed by atoms with Crippen LogP contribution in [0.25, 0.3) is 6.08 Å². The van der Waals surface area contributed by atoms with Gasteiger partial charge in [0.2, 0.25) is 10.0 Å². The lowest BCUT2D eigenvalue weighted by atomic mass is 9.83. The molecule has 0 amide bonds. The molecule has 0 fully saturated rings. The van der Waals surface area contributed by atoms with Crippen LogP contribution in [0.5, 0.6) is 0 Å². The molecule has 6 nitrogen and oxygen atoms in total. The molecule has 0 saturated heterocycles. The van der Waals surface area contributed by atoms with E-state index in [2.05, 4.69) is 21.8 Å². The van der Waals surface area contributed by atoms with Gasteiger partial charge in [-0.05, 0) is 89.9 Å². The van der Waals surface area contributed by atoms with Gasteiger partial charge in [0.25, 0.3) is 0 Å². The fourth-order valence-corrected chi connectivity index (χ4v) is 5.61. The lowest BCUT2D eigenvalue weighted by Crippen LogP contribution is -2.39. The summed E-state index contributed by atoms with van der Waals surface area (Å²) in [4.78, 5) is 16.1. The Bertz CT molecular complexity index is 1310. The third-order valence-electron chi connectivity index (χ3n) is 5.82. The number of hydrogen-bond acceptors (Lipinski definition) is 5.